The van der Waals surface area contributed by atoms with Gasteiger partial charge in [-0.15, -0.1) is 0 Å². The van der Waals surface area contributed by atoms with Gasteiger partial charge in [0.05, 0.1) is 31.7 Å². The molecule has 0 amide bonds. The number of nitrogens with two attached hydrogens (primary N) is 1. The van der Waals surface area contributed by atoms with Crippen molar-refractivity contribution in [2.75, 3.05) is 0 Å². The maximum absolute atomic E-state index is 6.01. The minimum Gasteiger partial charge on any atom is -0.318 e. The number of rotatable bonds is 2. The first kappa shape index (κ1) is 15.0. The molecule has 1 aromatic rings. The van der Waals surface area contributed by atoms with Crippen LogP contribution in [0, 0.1) is 11.8 Å². The molecule has 0 aromatic heterocycles. The van der Waals surface area contributed by atoms with E-state index in [0.717, 1.165) is 12.8 Å². The fourth-order valence-electron chi connectivity index (χ4n) is 1.23. The van der Waals surface area contributed by atoms with Gasteiger partial charge in [-0.3, -0.25) is 0 Å². The molecule has 0 radical (unpaired) electrons. The largest absolute Gasteiger partial charge is 0.318 e. The molecule has 0 fully saturated rings. The lowest BCUT2D eigenvalue weighted by Crippen LogP contribution is -2.16. The molecule has 92 valence electrons. The lowest BCUT2D eigenvalue weighted by atomic mass is 10.1. The van der Waals surface area contributed by atoms with Crippen LogP contribution in [0.25, 0.3) is 0 Å². The van der Waals surface area contributed by atoms with Crippen LogP contribution in [0.4, 0.5) is 0 Å². The van der Waals surface area contributed by atoms with Gasteiger partial charge in [0.25, 0.3) is 0 Å². The predicted octanol–water partition coefficient (Wildman–Crippen LogP) is 4.78. The van der Waals surface area contributed by atoms with E-state index >= 15 is 0 Å². The number of halogens is 4. The molecule has 1 unspecified atom stereocenters. The molecule has 1 rings (SSSR count). The highest BCUT2D eigenvalue weighted by atomic mass is 35.5. The van der Waals surface area contributed by atoms with Gasteiger partial charge in [0.1, 0.15) is 0 Å². The average molecular weight is 311 g/mol. The standard InChI is InChI=1S/C12H11Cl4N/c1-2-3-7(17)4-5-8-11(15)9(13)6-10(14)12(8)16/h6-7H,2-3,17H2,1H3. The molecule has 0 heterocycles. The van der Waals surface area contributed by atoms with Gasteiger partial charge in [-0.05, 0) is 12.5 Å². The van der Waals surface area contributed by atoms with Crippen molar-refractivity contribution in [2.24, 2.45) is 5.73 Å². The molecular weight excluding hydrogens is 300 g/mol. The van der Waals surface area contributed by atoms with Gasteiger partial charge in [-0.1, -0.05) is 71.6 Å². The van der Waals surface area contributed by atoms with Crippen molar-refractivity contribution in [2.45, 2.75) is 25.8 Å². The fraction of sp³-hybridized carbons (Fsp3) is 0.333. The summed E-state index contributed by atoms with van der Waals surface area (Å²) in [5.74, 6) is 5.72. The third-order valence-corrected chi connectivity index (χ3v) is 3.67. The lowest BCUT2D eigenvalue weighted by molar-refractivity contribution is 0.720. The van der Waals surface area contributed by atoms with Crippen LogP contribution >= 0.6 is 46.4 Å². The van der Waals surface area contributed by atoms with E-state index in [2.05, 4.69) is 11.8 Å². The van der Waals surface area contributed by atoms with E-state index in [-0.39, 0.29) is 6.04 Å². The summed E-state index contributed by atoms with van der Waals surface area (Å²) < 4.78 is 0. The van der Waals surface area contributed by atoms with Gasteiger partial charge in [-0.25, -0.2) is 0 Å². The number of hydrogen-bond acceptors (Lipinski definition) is 1. The Labute approximate surface area is 121 Å². The molecular formula is C12H11Cl4N. The van der Waals surface area contributed by atoms with Crippen LogP contribution in [0.2, 0.25) is 20.1 Å². The predicted molar refractivity (Wildman–Crippen MR) is 76.2 cm³/mol. The molecule has 0 bridgehead atoms. The normalized spacial score (nSPS) is 11.9. The van der Waals surface area contributed by atoms with Gasteiger partial charge in [0, 0.05) is 0 Å². The first-order chi connectivity index (χ1) is 7.97. The van der Waals surface area contributed by atoms with Crippen LogP contribution in [0.15, 0.2) is 6.07 Å². The highest BCUT2D eigenvalue weighted by Gasteiger charge is 2.12. The van der Waals surface area contributed by atoms with Crippen molar-refractivity contribution >= 4 is 46.4 Å². The Morgan fingerprint density at radius 2 is 1.71 bits per heavy atom. The number of hydrogen-bond donors (Lipinski definition) is 1. The first-order valence-electron chi connectivity index (χ1n) is 5.07. The van der Waals surface area contributed by atoms with Crippen molar-refractivity contribution in [3.8, 4) is 11.8 Å². The first-order valence-corrected chi connectivity index (χ1v) is 6.58. The van der Waals surface area contributed by atoms with Crippen molar-refractivity contribution < 1.29 is 0 Å². The Balaban J connectivity index is 3.14. The second-order valence-electron chi connectivity index (χ2n) is 3.51. The zero-order valence-electron chi connectivity index (χ0n) is 9.16. The maximum Gasteiger partial charge on any atom is 0.0764 e. The van der Waals surface area contributed by atoms with Gasteiger partial charge in [0.2, 0.25) is 0 Å². The van der Waals surface area contributed by atoms with Crippen molar-refractivity contribution in [3.63, 3.8) is 0 Å². The Morgan fingerprint density at radius 1 is 1.18 bits per heavy atom. The SMILES string of the molecule is CCCC(N)C#Cc1c(Cl)c(Cl)cc(Cl)c1Cl. The van der Waals surface area contributed by atoms with Crippen LogP contribution in [0.1, 0.15) is 25.3 Å². The molecule has 0 spiro atoms. The molecule has 2 N–H and O–H groups in total. The summed E-state index contributed by atoms with van der Waals surface area (Å²) in [5, 5.41) is 1.26. The highest BCUT2D eigenvalue weighted by Crippen LogP contribution is 2.36. The van der Waals surface area contributed by atoms with E-state index < -0.39 is 0 Å². The Morgan fingerprint density at radius 3 is 2.18 bits per heavy atom. The molecule has 1 nitrogen and oxygen atoms in total. The quantitative estimate of drug-likeness (QED) is 0.617. The van der Waals surface area contributed by atoms with Crippen molar-refractivity contribution in [1.29, 1.82) is 0 Å². The summed E-state index contributed by atoms with van der Waals surface area (Å²) in [5.41, 5.74) is 6.21. The molecule has 0 aliphatic rings. The Bertz CT molecular complexity index is 447. The van der Waals surface area contributed by atoms with E-state index in [1.807, 2.05) is 6.92 Å². The third kappa shape index (κ3) is 3.95. The van der Waals surface area contributed by atoms with Gasteiger partial charge < -0.3 is 5.73 Å². The molecule has 0 aliphatic carbocycles. The lowest BCUT2D eigenvalue weighted by Gasteiger charge is -2.05. The topological polar surface area (TPSA) is 26.0 Å². The molecule has 0 aliphatic heterocycles. The van der Waals surface area contributed by atoms with E-state index in [0.29, 0.717) is 25.7 Å². The minimum absolute atomic E-state index is 0.204. The maximum atomic E-state index is 6.01. The third-order valence-electron chi connectivity index (χ3n) is 2.09. The van der Waals surface area contributed by atoms with E-state index in [1.165, 1.54) is 6.07 Å². The zero-order chi connectivity index (χ0) is 13.0. The van der Waals surface area contributed by atoms with Gasteiger partial charge >= 0.3 is 0 Å². The van der Waals surface area contributed by atoms with Crippen LogP contribution in [-0.2, 0) is 0 Å². The molecule has 1 atom stereocenters. The molecule has 5 heteroatoms. The molecule has 0 saturated carbocycles. The molecule has 17 heavy (non-hydrogen) atoms. The summed E-state index contributed by atoms with van der Waals surface area (Å²) in [6.45, 7) is 2.04. The molecule has 0 saturated heterocycles. The van der Waals surface area contributed by atoms with Crippen molar-refractivity contribution in [3.05, 3.63) is 31.7 Å². The van der Waals surface area contributed by atoms with Crippen LogP contribution < -0.4 is 5.73 Å². The van der Waals surface area contributed by atoms with E-state index in [4.69, 9.17) is 52.1 Å². The van der Waals surface area contributed by atoms with Crippen LogP contribution in [-0.4, -0.2) is 6.04 Å². The monoisotopic (exact) mass is 309 g/mol. The van der Waals surface area contributed by atoms with Crippen LogP contribution in [0.3, 0.4) is 0 Å². The fourth-order valence-corrected chi connectivity index (χ4v) is 2.13. The Kier molecular flexibility index (Phi) is 5.92. The second-order valence-corrected chi connectivity index (χ2v) is 5.08. The van der Waals surface area contributed by atoms with Crippen LogP contribution in [0.5, 0.6) is 0 Å². The highest BCUT2D eigenvalue weighted by molar-refractivity contribution is 6.48. The summed E-state index contributed by atoms with van der Waals surface area (Å²) >= 11 is 23.8. The summed E-state index contributed by atoms with van der Waals surface area (Å²) in [7, 11) is 0. The number of benzene rings is 1. The second kappa shape index (κ2) is 6.73. The van der Waals surface area contributed by atoms with Gasteiger partial charge in [0.15, 0.2) is 0 Å². The summed E-state index contributed by atoms with van der Waals surface area (Å²) in [6.07, 6.45) is 1.78. The summed E-state index contributed by atoms with van der Waals surface area (Å²) in [4.78, 5) is 0. The zero-order valence-corrected chi connectivity index (χ0v) is 12.2. The summed E-state index contributed by atoms with van der Waals surface area (Å²) in [6, 6.07) is 1.29. The minimum atomic E-state index is -0.204. The Hall–Kier alpha value is -0.100. The smallest absolute Gasteiger partial charge is 0.0764 e. The average Bonchev–Trinajstić information content (AvgIpc) is 2.27. The van der Waals surface area contributed by atoms with E-state index in [1.54, 1.807) is 0 Å². The van der Waals surface area contributed by atoms with Crippen molar-refractivity contribution in [1.82, 2.24) is 0 Å². The van der Waals surface area contributed by atoms with Gasteiger partial charge in [-0.2, -0.15) is 0 Å². The van der Waals surface area contributed by atoms with E-state index in [9.17, 15) is 0 Å². The molecule has 1 aromatic carbocycles.